The molecule has 0 atom stereocenters. The molecule has 0 N–H and O–H groups in total. The fourth-order valence-corrected chi connectivity index (χ4v) is 4.34. The molecule has 0 amide bonds. The van der Waals surface area contributed by atoms with Crippen LogP contribution in [0.25, 0.3) is 22.4 Å². The highest BCUT2D eigenvalue weighted by Crippen LogP contribution is 2.40. The Morgan fingerprint density at radius 1 is 1.03 bits per heavy atom. The van der Waals surface area contributed by atoms with Crippen LogP contribution >= 0.6 is 34.5 Å². The van der Waals surface area contributed by atoms with E-state index in [1.54, 1.807) is 36.4 Å². The van der Waals surface area contributed by atoms with Gasteiger partial charge in [-0.2, -0.15) is 9.50 Å². The molecule has 2 heterocycles. The summed E-state index contributed by atoms with van der Waals surface area (Å²) in [6.07, 6.45) is 1.65. The summed E-state index contributed by atoms with van der Waals surface area (Å²) in [6.45, 7) is 0. The Kier molecular flexibility index (Phi) is 5.55. The summed E-state index contributed by atoms with van der Waals surface area (Å²) in [7, 11) is 4.58. The van der Waals surface area contributed by atoms with Crippen LogP contribution in [0.1, 0.15) is 5.56 Å². The van der Waals surface area contributed by atoms with E-state index >= 15 is 0 Å². The van der Waals surface area contributed by atoms with Crippen LogP contribution in [0.4, 0.5) is 0 Å². The van der Waals surface area contributed by atoms with Gasteiger partial charge in [-0.25, -0.2) is 0 Å². The van der Waals surface area contributed by atoms with Gasteiger partial charge in [0.25, 0.3) is 5.56 Å². The van der Waals surface area contributed by atoms with Crippen LogP contribution < -0.4 is 24.3 Å². The molecule has 4 aromatic rings. The van der Waals surface area contributed by atoms with E-state index in [1.807, 2.05) is 0 Å². The number of aromatic nitrogens is 3. The van der Waals surface area contributed by atoms with Crippen LogP contribution in [0.3, 0.4) is 0 Å². The van der Waals surface area contributed by atoms with Crippen molar-refractivity contribution in [2.45, 2.75) is 0 Å². The number of hydrogen-bond acceptors (Lipinski definition) is 7. The Hall–Kier alpha value is -2.81. The van der Waals surface area contributed by atoms with Gasteiger partial charge in [-0.15, -0.1) is 5.10 Å². The first kappa shape index (κ1) is 20.5. The second kappa shape index (κ2) is 8.14. The molecule has 0 aliphatic carbocycles. The number of rotatable bonds is 5. The van der Waals surface area contributed by atoms with Crippen LogP contribution in [0, 0.1) is 0 Å². The molecule has 0 saturated carbocycles. The van der Waals surface area contributed by atoms with E-state index in [-0.39, 0.29) is 5.56 Å². The van der Waals surface area contributed by atoms with Gasteiger partial charge < -0.3 is 14.2 Å². The zero-order valence-electron chi connectivity index (χ0n) is 16.1. The molecular weight excluding hydrogens is 449 g/mol. The van der Waals surface area contributed by atoms with E-state index in [9.17, 15) is 4.79 Å². The fourth-order valence-electron chi connectivity index (χ4n) is 2.95. The molecule has 0 saturated heterocycles. The molecule has 0 spiro atoms. The van der Waals surface area contributed by atoms with E-state index < -0.39 is 0 Å². The van der Waals surface area contributed by atoms with Crippen molar-refractivity contribution in [3.05, 3.63) is 60.8 Å². The van der Waals surface area contributed by atoms with Gasteiger partial charge in [-0.1, -0.05) is 40.6 Å². The highest BCUT2D eigenvalue weighted by molar-refractivity contribution is 7.15. The average molecular weight is 464 g/mol. The summed E-state index contributed by atoms with van der Waals surface area (Å²) < 4.78 is 17.8. The standard InChI is InChI=1S/C20H15Cl2N3O4S/c1-27-14-7-10(8-15(28-2)17(14)29-3)18-23-20-25(24-18)19(26)16(30-20)9-11-12(21)5-4-6-13(11)22/h4-9H,1-3H3/b16-9-. The Morgan fingerprint density at radius 3 is 2.20 bits per heavy atom. The smallest absolute Gasteiger partial charge is 0.291 e. The number of methoxy groups -OCH3 is 3. The number of benzene rings is 2. The zero-order chi connectivity index (χ0) is 21.4. The summed E-state index contributed by atoms with van der Waals surface area (Å²) in [5, 5.41) is 5.28. The molecule has 4 rings (SSSR count). The van der Waals surface area contributed by atoms with Crippen LogP contribution in [0.2, 0.25) is 10.0 Å². The Morgan fingerprint density at radius 2 is 1.67 bits per heavy atom. The van der Waals surface area contributed by atoms with Crippen molar-refractivity contribution in [3.63, 3.8) is 0 Å². The highest BCUT2D eigenvalue weighted by atomic mass is 35.5. The Bertz CT molecular complexity index is 1320. The van der Waals surface area contributed by atoms with Crippen molar-refractivity contribution in [3.8, 4) is 28.6 Å². The predicted molar refractivity (Wildman–Crippen MR) is 117 cm³/mol. The number of fused-ring (bicyclic) bond motifs is 1. The molecule has 0 fully saturated rings. The number of hydrogen-bond donors (Lipinski definition) is 0. The van der Waals surface area contributed by atoms with Crippen LogP contribution in [-0.4, -0.2) is 35.9 Å². The lowest BCUT2D eigenvalue weighted by Gasteiger charge is -2.12. The lowest BCUT2D eigenvalue weighted by atomic mass is 10.1. The minimum Gasteiger partial charge on any atom is -0.493 e. The fraction of sp³-hybridized carbons (Fsp3) is 0.150. The van der Waals surface area contributed by atoms with Gasteiger partial charge in [-0.3, -0.25) is 4.79 Å². The van der Waals surface area contributed by atoms with Gasteiger partial charge in [0.05, 0.1) is 25.9 Å². The maximum absolute atomic E-state index is 12.8. The third kappa shape index (κ3) is 3.47. The summed E-state index contributed by atoms with van der Waals surface area (Å²) in [6, 6.07) is 8.61. The van der Waals surface area contributed by atoms with Crippen LogP contribution in [0.15, 0.2) is 35.1 Å². The number of thiazole rings is 1. The first-order chi connectivity index (χ1) is 14.5. The normalized spacial score (nSPS) is 11.8. The van der Waals surface area contributed by atoms with Gasteiger partial charge in [0, 0.05) is 21.2 Å². The molecule has 0 aliphatic heterocycles. The van der Waals surface area contributed by atoms with Gasteiger partial charge >= 0.3 is 0 Å². The first-order valence-electron chi connectivity index (χ1n) is 8.62. The molecule has 2 aromatic heterocycles. The van der Waals surface area contributed by atoms with Gasteiger partial charge in [0.2, 0.25) is 10.7 Å². The molecule has 0 unspecified atom stereocenters. The third-order valence-corrected chi connectivity index (χ3v) is 6.00. The molecule has 10 heteroatoms. The quantitative estimate of drug-likeness (QED) is 0.449. The van der Waals surface area contributed by atoms with E-state index in [0.29, 0.717) is 53.7 Å². The van der Waals surface area contributed by atoms with E-state index in [4.69, 9.17) is 37.4 Å². The van der Waals surface area contributed by atoms with Gasteiger partial charge in [0.15, 0.2) is 17.3 Å². The van der Waals surface area contributed by atoms with Crippen molar-refractivity contribution in [2.75, 3.05) is 21.3 Å². The maximum Gasteiger partial charge on any atom is 0.291 e. The monoisotopic (exact) mass is 463 g/mol. The SMILES string of the molecule is COc1cc(-c2nc3s/c(=C\c4c(Cl)cccc4Cl)c(=O)n3n2)cc(OC)c1OC. The topological polar surface area (TPSA) is 75.0 Å². The summed E-state index contributed by atoms with van der Waals surface area (Å²) in [5.74, 6) is 1.76. The second-order valence-electron chi connectivity index (χ2n) is 6.09. The first-order valence-corrected chi connectivity index (χ1v) is 10.2. The minimum atomic E-state index is -0.308. The molecule has 0 radical (unpaired) electrons. The van der Waals surface area contributed by atoms with Crippen molar-refractivity contribution in [2.24, 2.45) is 0 Å². The predicted octanol–water partition coefficient (Wildman–Crippen LogP) is 3.70. The van der Waals surface area contributed by atoms with E-state index in [2.05, 4.69) is 10.1 Å². The van der Waals surface area contributed by atoms with E-state index in [0.717, 1.165) is 0 Å². The Labute approximate surface area is 185 Å². The maximum atomic E-state index is 12.8. The van der Waals surface area contributed by atoms with Crippen molar-refractivity contribution in [1.29, 1.82) is 0 Å². The number of ether oxygens (including phenoxy) is 3. The number of halogens is 2. The second-order valence-corrected chi connectivity index (χ2v) is 7.92. The summed E-state index contributed by atoms with van der Waals surface area (Å²) in [4.78, 5) is 17.8. The van der Waals surface area contributed by atoms with Crippen LogP contribution in [0.5, 0.6) is 17.2 Å². The third-order valence-electron chi connectivity index (χ3n) is 4.38. The molecule has 7 nitrogen and oxygen atoms in total. The molecule has 154 valence electrons. The lowest BCUT2D eigenvalue weighted by molar-refractivity contribution is 0.324. The van der Waals surface area contributed by atoms with E-state index in [1.165, 1.54) is 37.2 Å². The van der Waals surface area contributed by atoms with Crippen molar-refractivity contribution < 1.29 is 14.2 Å². The molecule has 30 heavy (non-hydrogen) atoms. The molecule has 0 bridgehead atoms. The Balaban J connectivity index is 1.84. The minimum absolute atomic E-state index is 0.308. The van der Waals surface area contributed by atoms with Crippen LogP contribution in [-0.2, 0) is 0 Å². The molecule has 0 aliphatic rings. The molecular formula is C20H15Cl2N3O4S. The van der Waals surface area contributed by atoms with Crippen molar-refractivity contribution >= 4 is 45.6 Å². The number of nitrogens with zero attached hydrogens (tertiary/aromatic N) is 3. The van der Waals surface area contributed by atoms with Crippen molar-refractivity contribution in [1.82, 2.24) is 14.6 Å². The molecule has 2 aromatic carbocycles. The summed E-state index contributed by atoms with van der Waals surface area (Å²) >= 11 is 13.6. The lowest BCUT2D eigenvalue weighted by Crippen LogP contribution is -2.23. The van der Waals surface area contributed by atoms with Gasteiger partial charge in [-0.05, 0) is 30.3 Å². The highest BCUT2D eigenvalue weighted by Gasteiger charge is 2.18. The van der Waals surface area contributed by atoms with Gasteiger partial charge in [0.1, 0.15) is 0 Å². The largest absolute Gasteiger partial charge is 0.493 e. The summed E-state index contributed by atoms with van der Waals surface area (Å²) in [5.41, 5.74) is 0.893. The average Bonchev–Trinajstić information content (AvgIpc) is 3.29. The zero-order valence-corrected chi connectivity index (χ0v) is 18.4.